The summed E-state index contributed by atoms with van der Waals surface area (Å²) >= 11 is 0. The van der Waals surface area contributed by atoms with Crippen LogP contribution in [0.4, 0.5) is 0 Å². The summed E-state index contributed by atoms with van der Waals surface area (Å²) in [4.78, 5) is 13.7. The quantitative estimate of drug-likeness (QED) is 0.652. The number of amides is 1. The Morgan fingerprint density at radius 3 is 2.67 bits per heavy atom. The van der Waals surface area contributed by atoms with Gasteiger partial charge in [-0.3, -0.25) is 4.79 Å². The average molecular weight is 212 g/mol. The maximum atomic E-state index is 11.1. The first kappa shape index (κ1) is 12.5. The number of nitrogens with zero attached hydrogens (tertiary/aromatic N) is 1. The van der Waals surface area contributed by atoms with Gasteiger partial charge < -0.3 is 10.2 Å². The van der Waals surface area contributed by atoms with E-state index in [0.717, 1.165) is 19.4 Å². The molecule has 15 heavy (non-hydrogen) atoms. The van der Waals surface area contributed by atoms with Crippen molar-refractivity contribution in [3.8, 4) is 0 Å². The van der Waals surface area contributed by atoms with E-state index >= 15 is 0 Å². The van der Waals surface area contributed by atoms with Crippen LogP contribution in [0.25, 0.3) is 0 Å². The zero-order valence-corrected chi connectivity index (χ0v) is 9.93. The minimum absolute atomic E-state index is 0.207. The smallest absolute Gasteiger partial charge is 0.219 e. The van der Waals surface area contributed by atoms with Gasteiger partial charge in [-0.15, -0.1) is 0 Å². The third-order valence-corrected chi connectivity index (χ3v) is 2.90. The Bertz CT molecular complexity index is 176. The molecule has 1 heterocycles. The van der Waals surface area contributed by atoms with Crippen LogP contribution in [0.5, 0.6) is 0 Å². The van der Waals surface area contributed by atoms with Crippen molar-refractivity contribution in [3.63, 3.8) is 0 Å². The molecule has 1 fully saturated rings. The largest absolute Gasteiger partial charge is 0.356 e. The van der Waals surface area contributed by atoms with Crippen LogP contribution in [-0.2, 0) is 4.79 Å². The SMILES string of the molecule is CCCC(=O)NCCCCN1CCCC1. The highest BCUT2D eigenvalue weighted by Gasteiger charge is 2.09. The van der Waals surface area contributed by atoms with Gasteiger partial charge in [-0.2, -0.15) is 0 Å². The Labute approximate surface area is 93.2 Å². The summed E-state index contributed by atoms with van der Waals surface area (Å²) < 4.78 is 0. The summed E-state index contributed by atoms with van der Waals surface area (Å²) in [5.74, 6) is 0.207. The van der Waals surface area contributed by atoms with Gasteiger partial charge in [0, 0.05) is 13.0 Å². The summed E-state index contributed by atoms with van der Waals surface area (Å²) in [6, 6.07) is 0. The molecule has 1 saturated heterocycles. The van der Waals surface area contributed by atoms with E-state index in [1.165, 1.54) is 38.9 Å². The first-order valence-electron chi connectivity index (χ1n) is 6.32. The fourth-order valence-corrected chi connectivity index (χ4v) is 2.01. The van der Waals surface area contributed by atoms with Crippen molar-refractivity contribution in [2.75, 3.05) is 26.2 Å². The number of unbranched alkanes of at least 4 members (excludes halogenated alkanes) is 1. The molecule has 1 N–H and O–H groups in total. The van der Waals surface area contributed by atoms with Crippen LogP contribution < -0.4 is 5.32 Å². The van der Waals surface area contributed by atoms with Crippen molar-refractivity contribution in [1.82, 2.24) is 10.2 Å². The number of carbonyl (C=O) groups is 1. The number of hydrogen-bond donors (Lipinski definition) is 1. The molecule has 0 aromatic carbocycles. The standard InChI is InChI=1S/C12H24N2O/c1-2-7-12(15)13-8-3-4-9-14-10-5-6-11-14/h2-11H2,1H3,(H,13,15). The molecule has 0 aromatic rings. The van der Waals surface area contributed by atoms with Crippen molar-refractivity contribution in [2.24, 2.45) is 0 Å². The third-order valence-electron chi connectivity index (χ3n) is 2.90. The minimum atomic E-state index is 0.207. The van der Waals surface area contributed by atoms with Crippen LogP contribution in [-0.4, -0.2) is 37.0 Å². The summed E-state index contributed by atoms with van der Waals surface area (Å²) in [5, 5.41) is 2.95. The zero-order valence-electron chi connectivity index (χ0n) is 9.93. The van der Waals surface area contributed by atoms with Gasteiger partial charge in [0.25, 0.3) is 0 Å². The molecular formula is C12H24N2O. The predicted molar refractivity (Wildman–Crippen MR) is 62.8 cm³/mol. The fraction of sp³-hybridized carbons (Fsp3) is 0.917. The average Bonchev–Trinajstić information content (AvgIpc) is 2.70. The molecule has 3 nitrogen and oxygen atoms in total. The number of nitrogens with one attached hydrogen (secondary N) is 1. The Balaban J connectivity index is 1.86. The van der Waals surface area contributed by atoms with Crippen LogP contribution >= 0.6 is 0 Å². The molecule has 1 aliphatic heterocycles. The highest BCUT2D eigenvalue weighted by atomic mass is 16.1. The fourth-order valence-electron chi connectivity index (χ4n) is 2.01. The first-order valence-corrected chi connectivity index (χ1v) is 6.32. The Morgan fingerprint density at radius 1 is 1.27 bits per heavy atom. The topological polar surface area (TPSA) is 32.3 Å². The van der Waals surface area contributed by atoms with Crippen LogP contribution in [0.15, 0.2) is 0 Å². The van der Waals surface area contributed by atoms with Crippen LogP contribution in [0, 0.1) is 0 Å². The predicted octanol–water partition coefficient (Wildman–Crippen LogP) is 1.78. The monoisotopic (exact) mass is 212 g/mol. The van der Waals surface area contributed by atoms with E-state index < -0.39 is 0 Å². The molecule has 0 bridgehead atoms. The Hall–Kier alpha value is -0.570. The Morgan fingerprint density at radius 2 is 2.00 bits per heavy atom. The maximum Gasteiger partial charge on any atom is 0.219 e. The lowest BCUT2D eigenvalue weighted by Crippen LogP contribution is -2.25. The molecule has 0 saturated carbocycles. The van der Waals surface area contributed by atoms with Crippen molar-refractivity contribution >= 4 is 5.91 Å². The van der Waals surface area contributed by atoms with Gasteiger partial charge >= 0.3 is 0 Å². The Kier molecular flexibility index (Phi) is 6.41. The lowest BCUT2D eigenvalue weighted by molar-refractivity contribution is -0.121. The molecule has 0 aromatic heterocycles. The molecule has 0 unspecified atom stereocenters. The van der Waals surface area contributed by atoms with Crippen molar-refractivity contribution in [1.29, 1.82) is 0 Å². The molecule has 88 valence electrons. The van der Waals surface area contributed by atoms with Crippen LogP contribution in [0.2, 0.25) is 0 Å². The summed E-state index contributed by atoms with van der Waals surface area (Å²) in [5.41, 5.74) is 0. The molecule has 1 rings (SSSR count). The second-order valence-corrected chi connectivity index (χ2v) is 4.36. The van der Waals surface area contributed by atoms with Gasteiger partial charge in [-0.05, 0) is 51.7 Å². The number of likely N-dealkylation sites (tertiary alicyclic amines) is 1. The van der Waals surface area contributed by atoms with E-state index in [9.17, 15) is 4.79 Å². The van der Waals surface area contributed by atoms with Crippen molar-refractivity contribution in [3.05, 3.63) is 0 Å². The number of carbonyl (C=O) groups excluding carboxylic acids is 1. The van der Waals surface area contributed by atoms with E-state index in [4.69, 9.17) is 0 Å². The van der Waals surface area contributed by atoms with Gasteiger partial charge in [-0.1, -0.05) is 6.92 Å². The zero-order chi connectivity index (χ0) is 10.9. The molecule has 1 amide bonds. The van der Waals surface area contributed by atoms with Crippen molar-refractivity contribution in [2.45, 2.75) is 45.4 Å². The van der Waals surface area contributed by atoms with E-state index in [1.54, 1.807) is 0 Å². The normalized spacial score (nSPS) is 16.9. The lowest BCUT2D eigenvalue weighted by Gasteiger charge is -2.13. The van der Waals surface area contributed by atoms with Gasteiger partial charge in [-0.25, -0.2) is 0 Å². The molecule has 3 heteroatoms. The molecule has 0 aliphatic carbocycles. The summed E-state index contributed by atoms with van der Waals surface area (Å²) in [6.07, 6.45) is 6.69. The van der Waals surface area contributed by atoms with E-state index in [2.05, 4.69) is 10.2 Å². The third kappa shape index (κ3) is 5.78. The molecule has 0 spiro atoms. The molecule has 0 radical (unpaired) electrons. The van der Waals surface area contributed by atoms with Crippen molar-refractivity contribution < 1.29 is 4.79 Å². The molecule has 0 atom stereocenters. The lowest BCUT2D eigenvalue weighted by atomic mass is 10.2. The van der Waals surface area contributed by atoms with Gasteiger partial charge in [0.2, 0.25) is 5.91 Å². The molecule has 1 aliphatic rings. The second kappa shape index (κ2) is 7.69. The van der Waals surface area contributed by atoms with Gasteiger partial charge in [0.15, 0.2) is 0 Å². The maximum absolute atomic E-state index is 11.1. The summed E-state index contributed by atoms with van der Waals surface area (Å²) in [7, 11) is 0. The summed E-state index contributed by atoms with van der Waals surface area (Å²) in [6.45, 7) is 6.66. The van der Waals surface area contributed by atoms with Gasteiger partial charge in [0.1, 0.15) is 0 Å². The van der Waals surface area contributed by atoms with Crippen LogP contribution in [0.3, 0.4) is 0 Å². The van der Waals surface area contributed by atoms with Crippen LogP contribution in [0.1, 0.15) is 45.4 Å². The highest BCUT2D eigenvalue weighted by molar-refractivity contribution is 5.75. The first-order chi connectivity index (χ1) is 7.33. The molecular weight excluding hydrogens is 188 g/mol. The van der Waals surface area contributed by atoms with E-state index in [0.29, 0.717) is 6.42 Å². The second-order valence-electron chi connectivity index (χ2n) is 4.36. The number of rotatable bonds is 7. The van der Waals surface area contributed by atoms with E-state index in [1.807, 2.05) is 6.92 Å². The highest BCUT2D eigenvalue weighted by Crippen LogP contribution is 2.07. The number of hydrogen-bond acceptors (Lipinski definition) is 2. The minimum Gasteiger partial charge on any atom is -0.356 e. The van der Waals surface area contributed by atoms with E-state index in [-0.39, 0.29) is 5.91 Å². The van der Waals surface area contributed by atoms with Gasteiger partial charge in [0.05, 0.1) is 0 Å².